The predicted octanol–water partition coefficient (Wildman–Crippen LogP) is 7.79. The van der Waals surface area contributed by atoms with Crippen molar-refractivity contribution in [3.05, 3.63) is 99.2 Å². The Kier molecular flexibility index (Phi) is 7.91. The molecule has 2 heterocycles. The van der Waals surface area contributed by atoms with Gasteiger partial charge in [0.05, 0.1) is 12.6 Å². The average Bonchev–Trinajstić information content (AvgIpc) is 3.46. The molecule has 1 atom stereocenters. The fourth-order valence-electron chi connectivity index (χ4n) is 4.88. The van der Waals surface area contributed by atoms with Gasteiger partial charge >= 0.3 is 0 Å². The maximum atomic E-state index is 13.7. The lowest BCUT2D eigenvalue weighted by Crippen LogP contribution is -2.29. The fourth-order valence-corrected chi connectivity index (χ4v) is 5.25. The van der Waals surface area contributed by atoms with Crippen LogP contribution in [0.4, 0.5) is 0 Å². The second-order valence-corrected chi connectivity index (χ2v) is 10.3. The SMILES string of the molecule is CCCCCCOc1ccc(C2c3c(-c4cc(Cl)ccc4O)n[nH]c3C(=O)N2Cc2ccccc2Cl)cc1. The number of ether oxygens (including phenoxy) is 1. The first-order valence-corrected chi connectivity index (χ1v) is 13.6. The largest absolute Gasteiger partial charge is 0.507 e. The molecule has 1 aliphatic rings. The van der Waals surface area contributed by atoms with E-state index in [0.717, 1.165) is 29.7 Å². The van der Waals surface area contributed by atoms with Crippen molar-refractivity contribution >= 4 is 29.1 Å². The van der Waals surface area contributed by atoms with Crippen LogP contribution in [0.25, 0.3) is 11.3 Å². The van der Waals surface area contributed by atoms with Crippen molar-refractivity contribution in [3.63, 3.8) is 0 Å². The highest BCUT2D eigenvalue weighted by molar-refractivity contribution is 6.31. The van der Waals surface area contributed by atoms with Crippen molar-refractivity contribution in [3.8, 4) is 22.8 Å². The van der Waals surface area contributed by atoms with Gasteiger partial charge in [-0.1, -0.05) is 79.7 Å². The smallest absolute Gasteiger partial charge is 0.273 e. The summed E-state index contributed by atoms with van der Waals surface area (Å²) < 4.78 is 5.94. The molecule has 38 heavy (non-hydrogen) atoms. The molecule has 0 spiro atoms. The van der Waals surface area contributed by atoms with Crippen LogP contribution in [0.5, 0.6) is 11.5 Å². The highest BCUT2D eigenvalue weighted by Crippen LogP contribution is 2.46. The molecule has 6 nitrogen and oxygen atoms in total. The van der Waals surface area contributed by atoms with Crippen molar-refractivity contribution in [1.82, 2.24) is 15.1 Å². The quantitative estimate of drug-likeness (QED) is 0.198. The summed E-state index contributed by atoms with van der Waals surface area (Å²) in [5, 5.41) is 19.0. The molecule has 0 aliphatic carbocycles. The second-order valence-electron chi connectivity index (χ2n) is 9.43. The third-order valence-corrected chi connectivity index (χ3v) is 7.44. The highest BCUT2D eigenvalue weighted by atomic mass is 35.5. The number of carbonyl (C=O) groups excluding carboxylic acids is 1. The van der Waals surface area contributed by atoms with Crippen molar-refractivity contribution in [2.24, 2.45) is 0 Å². The van der Waals surface area contributed by atoms with Gasteiger partial charge < -0.3 is 14.7 Å². The van der Waals surface area contributed by atoms with E-state index >= 15 is 0 Å². The van der Waals surface area contributed by atoms with Gasteiger partial charge in [0.15, 0.2) is 0 Å². The molecule has 1 amide bonds. The molecule has 0 radical (unpaired) electrons. The van der Waals surface area contributed by atoms with Crippen LogP contribution in [0, 0.1) is 0 Å². The van der Waals surface area contributed by atoms with Crippen LogP contribution in [0.2, 0.25) is 10.0 Å². The van der Waals surface area contributed by atoms with Crippen LogP contribution in [-0.2, 0) is 6.54 Å². The number of phenolic OH excluding ortho intramolecular Hbond substituents is 1. The number of amides is 1. The van der Waals surface area contributed by atoms with Crippen molar-refractivity contribution in [1.29, 1.82) is 0 Å². The van der Waals surface area contributed by atoms with Crippen LogP contribution in [0.1, 0.15) is 65.8 Å². The molecule has 2 N–H and O–H groups in total. The van der Waals surface area contributed by atoms with Crippen LogP contribution >= 0.6 is 23.2 Å². The summed E-state index contributed by atoms with van der Waals surface area (Å²) in [6.07, 6.45) is 4.56. The number of nitrogens with one attached hydrogen (secondary N) is 1. The van der Waals surface area contributed by atoms with Gasteiger partial charge in [-0.3, -0.25) is 9.89 Å². The number of phenols is 1. The van der Waals surface area contributed by atoms with Crippen LogP contribution in [0.15, 0.2) is 66.7 Å². The Morgan fingerprint density at radius 1 is 1.03 bits per heavy atom. The number of aromatic nitrogens is 2. The number of fused-ring (bicyclic) bond motifs is 1. The third kappa shape index (κ3) is 5.24. The Balaban J connectivity index is 1.52. The predicted molar refractivity (Wildman–Crippen MR) is 150 cm³/mol. The summed E-state index contributed by atoms with van der Waals surface area (Å²) in [6.45, 7) is 3.17. The van der Waals surface area contributed by atoms with E-state index in [0.29, 0.717) is 45.7 Å². The molecule has 1 unspecified atom stereocenters. The Morgan fingerprint density at radius 3 is 2.58 bits per heavy atom. The normalized spacial score (nSPS) is 14.7. The van der Waals surface area contributed by atoms with Gasteiger partial charge in [0.2, 0.25) is 0 Å². The maximum Gasteiger partial charge on any atom is 0.273 e. The number of hydrogen-bond donors (Lipinski definition) is 2. The van der Waals surface area contributed by atoms with Gasteiger partial charge in [-0.25, -0.2) is 0 Å². The van der Waals surface area contributed by atoms with E-state index in [4.69, 9.17) is 27.9 Å². The number of aromatic hydroxyl groups is 1. The summed E-state index contributed by atoms with van der Waals surface area (Å²) in [5.74, 6) is 0.625. The van der Waals surface area contributed by atoms with Crippen molar-refractivity contribution in [2.75, 3.05) is 6.61 Å². The molecule has 4 aromatic rings. The average molecular weight is 550 g/mol. The molecule has 5 rings (SSSR count). The molecule has 8 heteroatoms. The number of unbranched alkanes of at least 4 members (excludes halogenated alkanes) is 3. The lowest BCUT2D eigenvalue weighted by molar-refractivity contribution is 0.0730. The van der Waals surface area contributed by atoms with E-state index in [2.05, 4.69) is 17.1 Å². The summed E-state index contributed by atoms with van der Waals surface area (Å²) in [4.78, 5) is 15.5. The summed E-state index contributed by atoms with van der Waals surface area (Å²) >= 11 is 12.7. The topological polar surface area (TPSA) is 78.5 Å². The van der Waals surface area contributed by atoms with E-state index in [1.807, 2.05) is 48.5 Å². The number of H-pyrrole nitrogens is 1. The van der Waals surface area contributed by atoms with Crippen molar-refractivity contribution < 1.29 is 14.6 Å². The molecular weight excluding hydrogens is 521 g/mol. The summed E-state index contributed by atoms with van der Waals surface area (Å²) in [6, 6.07) is 19.6. The van der Waals surface area contributed by atoms with E-state index in [1.54, 1.807) is 17.0 Å². The molecule has 0 saturated heterocycles. The Bertz CT molecular complexity index is 1440. The first-order chi connectivity index (χ1) is 18.5. The number of carbonyl (C=O) groups is 1. The third-order valence-electron chi connectivity index (χ3n) is 6.84. The number of nitrogens with zero attached hydrogens (tertiary/aromatic N) is 2. The monoisotopic (exact) mass is 549 g/mol. The van der Waals surface area contributed by atoms with Gasteiger partial charge in [0, 0.05) is 27.7 Å². The molecule has 0 bridgehead atoms. The Hall–Kier alpha value is -3.48. The zero-order chi connectivity index (χ0) is 26.6. The molecular formula is C30H29Cl2N3O3. The maximum absolute atomic E-state index is 13.7. The van der Waals surface area contributed by atoms with E-state index < -0.39 is 6.04 Å². The first kappa shape index (κ1) is 26.1. The summed E-state index contributed by atoms with van der Waals surface area (Å²) in [7, 11) is 0. The Morgan fingerprint density at radius 2 is 1.82 bits per heavy atom. The fraction of sp³-hybridized carbons (Fsp3) is 0.267. The van der Waals surface area contributed by atoms with Crippen LogP contribution in [-0.4, -0.2) is 32.7 Å². The van der Waals surface area contributed by atoms with E-state index in [-0.39, 0.29) is 11.7 Å². The minimum atomic E-state index is -0.459. The molecule has 1 aromatic heterocycles. The number of hydrogen-bond acceptors (Lipinski definition) is 4. The second kappa shape index (κ2) is 11.5. The van der Waals surface area contributed by atoms with Crippen LogP contribution < -0.4 is 4.74 Å². The molecule has 3 aromatic carbocycles. The standard InChI is InChI=1S/C30H29Cl2N3O3/c1-2-3-4-7-16-38-22-13-10-19(11-14-22)29-26-27(23-17-21(31)12-15-25(23)36)33-34-28(26)30(37)35(29)18-20-8-5-6-9-24(20)32/h5-6,8-15,17,29,36H,2-4,7,16,18H2,1H3,(H,33,34). The number of halogens is 2. The lowest BCUT2D eigenvalue weighted by Gasteiger charge is -2.27. The minimum absolute atomic E-state index is 0.0336. The first-order valence-electron chi connectivity index (χ1n) is 12.8. The van der Waals surface area contributed by atoms with Gasteiger partial charge in [0.25, 0.3) is 5.91 Å². The molecule has 196 valence electrons. The zero-order valence-corrected chi connectivity index (χ0v) is 22.6. The Labute approximate surface area is 232 Å². The molecule has 1 aliphatic heterocycles. The van der Waals surface area contributed by atoms with Crippen LogP contribution in [0.3, 0.4) is 0 Å². The van der Waals surface area contributed by atoms with Gasteiger partial charge in [-0.15, -0.1) is 0 Å². The zero-order valence-electron chi connectivity index (χ0n) is 21.1. The van der Waals surface area contributed by atoms with E-state index in [9.17, 15) is 9.90 Å². The number of aromatic amines is 1. The van der Waals surface area contributed by atoms with Crippen molar-refractivity contribution in [2.45, 2.75) is 45.2 Å². The van der Waals surface area contributed by atoms with E-state index in [1.165, 1.54) is 18.9 Å². The van der Waals surface area contributed by atoms with Gasteiger partial charge in [-0.05, 0) is 53.9 Å². The van der Waals surface area contributed by atoms with Gasteiger partial charge in [0.1, 0.15) is 22.9 Å². The lowest BCUT2D eigenvalue weighted by atomic mass is 9.95. The van der Waals surface area contributed by atoms with Gasteiger partial charge in [-0.2, -0.15) is 5.10 Å². The number of benzene rings is 3. The summed E-state index contributed by atoms with van der Waals surface area (Å²) in [5.41, 5.74) is 3.74. The highest BCUT2D eigenvalue weighted by Gasteiger charge is 2.42. The molecule has 0 fully saturated rings. The molecule has 0 saturated carbocycles. The number of rotatable bonds is 10. The minimum Gasteiger partial charge on any atom is -0.507 e.